The van der Waals surface area contributed by atoms with Gasteiger partial charge < -0.3 is 5.32 Å². The maximum Gasteiger partial charge on any atom is 0.251 e. The molecule has 4 nitrogen and oxygen atoms in total. The first-order valence-corrected chi connectivity index (χ1v) is 10.5. The normalized spacial score (nSPS) is 15.3. The summed E-state index contributed by atoms with van der Waals surface area (Å²) in [6, 6.07) is 12.4. The molecular formula is C20H23NO3S. The minimum atomic E-state index is -3.21. The molecule has 25 heavy (non-hydrogen) atoms. The quantitative estimate of drug-likeness (QED) is 0.911. The van der Waals surface area contributed by atoms with Gasteiger partial charge in [-0.3, -0.25) is 4.79 Å². The van der Waals surface area contributed by atoms with E-state index >= 15 is 0 Å². The van der Waals surface area contributed by atoms with E-state index in [1.54, 1.807) is 24.3 Å². The molecule has 0 radical (unpaired) electrons. The molecule has 2 aromatic rings. The van der Waals surface area contributed by atoms with E-state index in [1.807, 2.05) is 19.1 Å². The molecule has 0 aromatic heterocycles. The summed E-state index contributed by atoms with van der Waals surface area (Å²) in [4.78, 5) is 12.8. The molecule has 1 N–H and O–H groups in total. The fraction of sp³-hybridized carbons (Fsp3) is 0.350. The Bertz CT molecular complexity index is 886. The van der Waals surface area contributed by atoms with E-state index < -0.39 is 9.84 Å². The number of sulfone groups is 1. The molecular weight excluding hydrogens is 334 g/mol. The first-order chi connectivity index (χ1) is 11.8. The van der Waals surface area contributed by atoms with Crippen molar-refractivity contribution >= 4 is 15.7 Å². The van der Waals surface area contributed by atoms with E-state index in [9.17, 15) is 13.2 Å². The molecule has 5 heteroatoms. The lowest BCUT2D eigenvalue weighted by Crippen LogP contribution is -2.27. The predicted molar refractivity (Wildman–Crippen MR) is 98.5 cm³/mol. The van der Waals surface area contributed by atoms with Crippen LogP contribution in [0.15, 0.2) is 47.4 Å². The van der Waals surface area contributed by atoms with E-state index in [0.717, 1.165) is 18.4 Å². The molecule has 1 amide bonds. The van der Waals surface area contributed by atoms with Crippen LogP contribution in [0, 0.1) is 0 Å². The SMILES string of the molecule is C[C@@H](NC(=O)c1ccc2c(c1)CCCC2)c1ccc(S(C)(=O)=O)cc1. The Hall–Kier alpha value is -2.14. The number of benzene rings is 2. The van der Waals surface area contributed by atoms with Gasteiger partial charge in [0.2, 0.25) is 0 Å². The van der Waals surface area contributed by atoms with Crippen LogP contribution in [0.1, 0.15) is 52.9 Å². The minimum Gasteiger partial charge on any atom is -0.346 e. The van der Waals surface area contributed by atoms with Crippen molar-refractivity contribution in [3.63, 3.8) is 0 Å². The van der Waals surface area contributed by atoms with Crippen LogP contribution in [0.2, 0.25) is 0 Å². The zero-order valence-corrected chi connectivity index (χ0v) is 15.4. The average molecular weight is 357 g/mol. The summed E-state index contributed by atoms with van der Waals surface area (Å²) < 4.78 is 23.0. The van der Waals surface area contributed by atoms with E-state index in [2.05, 4.69) is 11.4 Å². The molecule has 0 saturated heterocycles. The van der Waals surface area contributed by atoms with Gasteiger partial charge in [0.25, 0.3) is 5.91 Å². The maximum atomic E-state index is 12.5. The third-order valence-corrected chi connectivity index (χ3v) is 5.90. The lowest BCUT2D eigenvalue weighted by atomic mass is 9.90. The van der Waals surface area contributed by atoms with E-state index in [4.69, 9.17) is 0 Å². The van der Waals surface area contributed by atoms with Gasteiger partial charge in [0.1, 0.15) is 0 Å². The van der Waals surface area contributed by atoms with Gasteiger partial charge in [0.05, 0.1) is 10.9 Å². The van der Waals surface area contributed by atoms with Crippen LogP contribution in [0.5, 0.6) is 0 Å². The van der Waals surface area contributed by atoms with Crippen molar-refractivity contribution in [2.24, 2.45) is 0 Å². The summed E-state index contributed by atoms with van der Waals surface area (Å²) in [5.74, 6) is -0.104. The molecule has 0 unspecified atom stereocenters. The first-order valence-electron chi connectivity index (χ1n) is 8.57. The maximum absolute atomic E-state index is 12.5. The molecule has 0 bridgehead atoms. The molecule has 0 heterocycles. The smallest absolute Gasteiger partial charge is 0.251 e. The Balaban J connectivity index is 1.72. The molecule has 0 spiro atoms. The van der Waals surface area contributed by atoms with Gasteiger partial charge >= 0.3 is 0 Å². The van der Waals surface area contributed by atoms with Crippen LogP contribution in [0.3, 0.4) is 0 Å². The number of rotatable bonds is 4. The van der Waals surface area contributed by atoms with Crippen LogP contribution >= 0.6 is 0 Å². The Morgan fingerprint density at radius 3 is 2.28 bits per heavy atom. The molecule has 0 saturated carbocycles. The number of carbonyl (C=O) groups excluding carboxylic acids is 1. The zero-order chi connectivity index (χ0) is 18.0. The standard InChI is InChI=1S/C20H23NO3S/c1-14(15-9-11-19(12-10-15)25(2,23)24)21-20(22)18-8-7-16-5-3-4-6-17(16)13-18/h7-14H,3-6H2,1-2H3,(H,21,22)/t14-/m1/s1. The molecule has 3 rings (SSSR count). The summed E-state index contributed by atoms with van der Waals surface area (Å²) in [6.07, 6.45) is 5.72. The van der Waals surface area contributed by atoms with Crippen molar-refractivity contribution in [2.75, 3.05) is 6.26 Å². The highest BCUT2D eigenvalue weighted by Gasteiger charge is 2.16. The summed E-state index contributed by atoms with van der Waals surface area (Å²) in [5, 5.41) is 2.99. The van der Waals surface area contributed by atoms with Crippen molar-refractivity contribution in [3.05, 3.63) is 64.7 Å². The first kappa shape index (κ1) is 17.7. The highest BCUT2D eigenvalue weighted by Crippen LogP contribution is 2.23. The van der Waals surface area contributed by atoms with Crippen LogP contribution in [-0.2, 0) is 22.7 Å². The molecule has 1 aliphatic rings. The number of hydrogen-bond donors (Lipinski definition) is 1. The van der Waals surface area contributed by atoms with Gasteiger partial charge in [-0.25, -0.2) is 8.42 Å². The molecule has 1 atom stereocenters. The summed E-state index contributed by atoms with van der Waals surface area (Å²) >= 11 is 0. The monoisotopic (exact) mass is 357 g/mol. The number of nitrogens with one attached hydrogen (secondary N) is 1. The molecule has 132 valence electrons. The number of carbonyl (C=O) groups is 1. The van der Waals surface area contributed by atoms with E-state index in [-0.39, 0.29) is 16.8 Å². The average Bonchev–Trinajstić information content (AvgIpc) is 2.60. The Morgan fingerprint density at radius 1 is 1.00 bits per heavy atom. The lowest BCUT2D eigenvalue weighted by Gasteiger charge is -2.18. The highest BCUT2D eigenvalue weighted by atomic mass is 32.2. The van der Waals surface area contributed by atoms with Gasteiger partial charge in [-0.05, 0) is 73.6 Å². The molecule has 0 fully saturated rings. The van der Waals surface area contributed by atoms with Crippen molar-refractivity contribution in [2.45, 2.75) is 43.5 Å². The summed E-state index contributed by atoms with van der Waals surface area (Å²) in [5.41, 5.74) is 4.19. The predicted octanol–water partition coefficient (Wildman–Crippen LogP) is 3.46. The van der Waals surface area contributed by atoms with Gasteiger partial charge in [0.15, 0.2) is 9.84 Å². The van der Waals surface area contributed by atoms with Crippen molar-refractivity contribution < 1.29 is 13.2 Å². The fourth-order valence-electron chi connectivity index (χ4n) is 3.24. The second kappa shape index (κ2) is 7.00. The van der Waals surface area contributed by atoms with Crippen LogP contribution in [0.25, 0.3) is 0 Å². The minimum absolute atomic E-state index is 0.104. The Kier molecular flexibility index (Phi) is 4.95. The molecule has 0 aliphatic heterocycles. The topological polar surface area (TPSA) is 63.2 Å². The van der Waals surface area contributed by atoms with Crippen molar-refractivity contribution in [3.8, 4) is 0 Å². The second-order valence-electron chi connectivity index (χ2n) is 6.73. The highest BCUT2D eigenvalue weighted by molar-refractivity contribution is 7.90. The number of hydrogen-bond acceptors (Lipinski definition) is 3. The van der Waals surface area contributed by atoms with Gasteiger partial charge in [0, 0.05) is 11.8 Å². The molecule has 2 aromatic carbocycles. The van der Waals surface area contributed by atoms with Crippen molar-refractivity contribution in [1.82, 2.24) is 5.32 Å². The lowest BCUT2D eigenvalue weighted by molar-refractivity contribution is 0.0939. The van der Waals surface area contributed by atoms with Crippen LogP contribution in [0.4, 0.5) is 0 Å². The van der Waals surface area contributed by atoms with Crippen molar-refractivity contribution in [1.29, 1.82) is 0 Å². The largest absolute Gasteiger partial charge is 0.346 e. The number of amides is 1. The van der Waals surface area contributed by atoms with Crippen LogP contribution in [-0.4, -0.2) is 20.6 Å². The zero-order valence-electron chi connectivity index (χ0n) is 14.6. The van der Waals surface area contributed by atoms with E-state index in [0.29, 0.717) is 5.56 Å². The third-order valence-electron chi connectivity index (χ3n) is 4.77. The third kappa shape index (κ3) is 4.10. The summed E-state index contributed by atoms with van der Waals surface area (Å²) in [6.45, 7) is 1.89. The number of aryl methyl sites for hydroxylation is 2. The van der Waals surface area contributed by atoms with Gasteiger partial charge in [-0.15, -0.1) is 0 Å². The number of fused-ring (bicyclic) bond motifs is 1. The van der Waals surface area contributed by atoms with Crippen LogP contribution < -0.4 is 5.32 Å². The summed E-state index contributed by atoms with van der Waals surface area (Å²) in [7, 11) is -3.21. The van der Waals surface area contributed by atoms with Gasteiger partial charge in [-0.1, -0.05) is 18.2 Å². The second-order valence-corrected chi connectivity index (χ2v) is 8.74. The Labute approximate surface area is 149 Å². The molecule has 1 aliphatic carbocycles. The fourth-order valence-corrected chi connectivity index (χ4v) is 3.87. The van der Waals surface area contributed by atoms with E-state index in [1.165, 1.54) is 30.2 Å². The Morgan fingerprint density at radius 2 is 1.64 bits per heavy atom. The van der Waals surface area contributed by atoms with Gasteiger partial charge in [-0.2, -0.15) is 0 Å².